The third-order valence-corrected chi connectivity index (χ3v) is 4.05. The zero-order valence-corrected chi connectivity index (χ0v) is 10.1. The third-order valence-electron chi connectivity index (χ3n) is 2.18. The van der Waals surface area contributed by atoms with E-state index < -0.39 is 15.3 Å². The lowest BCUT2D eigenvalue weighted by Crippen LogP contribution is -2.42. The van der Waals surface area contributed by atoms with Crippen LogP contribution in [0.4, 0.5) is 0 Å². The number of sulfonamides is 1. The lowest BCUT2D eigenvalue weighted by atomic mass is 10.0. The molecule has 0 rings (SSSR count). The molecule has 0 aliphatic heterocycles. The average Bonchev–Trinajstić information content (AvgIpc) is 2.02. The van der Waals surface area contributed by atoms with Crippen LogP contribution >= 0.6 is 0 Å². The van der Waals surface area contributed by atoms with Gasteiger partial charge in [0.2, 0.25) is 10.0 Å². The zero-order valence-electron chi connectivity index (χ0n) is 9.32. The molecule has 0 fully saturated rings. The van der Waals surface area contributed by atoms with Gasteiger partial charge in [0.25, 0.3) is 0 Å². The summed E-state index contributed by atoms with van der Waals surface area (Å²) in [6.45, 7) is 7.15. The van der Waals surface area contributed by atoms with Crippen molar-refractivity contribution >= 4 is 10.0 Å². The van der Waals surface area contributed by atoms with Crippen molar-refractivity contribution in [3.63, 3.8) is 0 Å². The fourth-order valence-corrected chi connectivity index (χ4v) is 2.10. The molecule has 1 atom stereocenters. The second kappa shape index (κ2) is 5.68. The molecule has 0 saturated carbocycles. The van der Waals surface area contributed by atoms with Crippen LogP contribution in [0, 0.1) is 5.92 Å². The summed E-state index contributed by atoms with van der Waals surface area (Å²) in [5, 5.41) is 8.36. The van der Waals surface area contributed by atoms with E-state index in [9.17, 15) is 8.42 Å². The average molecular weight is 223 g/mol. The van der Waals surface area contributed by atoms with Crippen LogP contribution in [0.1, 0.15) is 34.1 Å². The van der Waals surface area contributed by atoms with Gasteiger partial charge in [0, 0.05) is 12.6 Å². The van der Waals surface area contributed by atoms with Gasteiger partial charge in [0.05, 0.1) is 5.25 Å². The molecule has 0 aromatic heterocycles. The van der Waals surface area contributed by atoms with Crippen LogP contribution in [0.5, 0.6) is 0 Å². The molecule has 0 aliphatic rings. The lowest BCUT2D eigenvalue weighted by Gasteiger charge is -2.22. The summed E-state index contributed by atoms with van der Waals surface area (Å²) in [7, 11) is -3.23. The Morgan fingerprint density at radius 3 is 2.00 bits per heavy atom. The number of rotatable bonds is 6. The molecule has 0 radical (unpaired) electrons. The molecule has 0 saturated heterocycles. The topological polar surface area (TPSA) is 66.4 Å². The van der Waals surface area contributed by atoms with E-state index in [1.54, 1.807) is 13.8 Å². The van der Waals surface area contributed by atoms with Crippen LogP contribution in [0.3, 0.4) is 0 Å². The van der Waals surface area contributed by atoms with Crippen LogP contribution < -0.4 is 4.72 Å². The molecule has 2 N–H and O–H groups in total. The molecule has 0 aromatic rings. The number of nitrogens with one attached hydrogen (secondary N) is 1. The Hall–Kier alpha value is -0.130. The third kappa shape index (κ3) is 4.39. The SMILES string of the molecule is CC(C)C(CCO)NS(=O)(=O)C(C)C. The van der Waals surface area contributed by atoms with Crippen LogP contribution in [0.25, 0.3) is 0 Å². The first kappa shape index (κ1) is 13.9. The van der Waals surface area contributed by atoms with Gasteiger partial charge in [0.15, 0.2) is 0 Å². The molecule has 0 aliphatic carbocycles. The second-order valence-electron chi connectivity index (χ2n) is 4.07. The zero-order chi connectivity index (χ0) is 11.4. The van der Waals surface area contributed by atoms with Crippen LogP contribution in [0.2, 0.25) is 0 Å². The maximum atomic E-state index is 11.5. The van der Waals surface area contributed by atoms with E-state index in [-0.39, 0.29) is 18.6 Å². The lowest BCUT2D eigenvalue weighted by molar-refractivity contribution is 0.255. The number of hydrogen-bond acceptors (Lipinski definition) is 3. The van der Waals surface area contributed by atoms with Crippen molar-refractivity contribution in [2.45, 2.75) is 45.4 Å². The molecular weight excluding hydrogens is 202 g/mol. The number of hydrogen-bond donors (Lipinski definition) is 2. The normalized spacial score (nSPS) is 15.1. The largest absolute Gasteiger partial charge is 0.396 e. The quantitative estimate of drug-likeness (QED) is 0.697. The summed E-state index contributed by atoms with van der Waals surface area (Å²) in [5.41, 5.74) is 0. The highest BCUT2D eigenvalue weighted by molar-refractivity contribution is 7.90. The molecular formula is C9H21NO3S. The fourth-order valence-electron chi connectivity index (χ4n) is 1.01. The number of aliphatic hydroxyl groups excluding tert-OH is 1. The van der Waals surface area contributed by atoms with Crippen molar-refractivity contribution in [1.82, 2.24) is 4.72 Å². The van der Waals surface area contributed by atoms with Gasteiger partial charge in [-0.05, 0) is 26.2 Å². The highest BCUT2D eigenvalue weighted by atomic mass is 32.2. The summed E-state index contributed by atoms with van der Waals surface area (Å²) in [6, 6.07) is -0.174. The molecule has 0 aromatic carbocycles. The maximum absolute atomic E-state index is 11.5. The molecule has 14 heavy (non-hydrogen) atoms. The monoisotopic (exact) mass is 223 g/mol. The van der Waals surface area contributed by atoms with E-state index in [1.165, 1.54) is 0 Å². The van der Waals surface area contributed by atoms with Gasteiger partial charge in [-0.15, -0.1) is 0 Å². The fraction of sp³-hybridized carbons (Fsp3) is 1.00. The molecule has 86 valence electrons. The molecule has 4 nitrogen and oxygen atoms in total. The first-order valence-corrected chi connectivity index (χ1v) is 6.48. The molecule has 1 unspecified atom stereocenters. The Morgan fingerprint density at radius 1 is 1.21 bits per heavy atom. The van der Waals surface area contributed by atoms with Crippen LogP contribution in [0.15, 0.2) is 0 Å². The predicted molar refractivity (Wildman–Crippen MR) is 57.5 cm³/mol. The Kier molecular flexibility index (Phi) is 5.63. The molecule has 0 spiro atoms. The summed E-state index contributed by atoms with van der Waals surface area (Å²) >= 11 is 0. The Morgan fingerprint density at radius 2 is 1.71 bits per heavy atom. The maximum Gasteiger partial charge on any atom is 0.214 e. The van der Waals surface area contributed by atoms with E-state index in [1.807, 2.05) is 13.8 Å². The molecule has 0 amide bonds. The minimum absolute atomic E-state index is 0.00343. The van der Waals surface area contributed by atoms with E-state index >= 15 is 0 Å². The van der Waals surface area contributed by atoms with Crippen molar-refractivity contribution in [3.05, 3.63) is 0 Å². The second-order valence-corrected chi connectivity index (χ2v) is 6.34. The Balaban J connectivity index is 4.45. The molecule has 0 heterocycles. The predicted octanol–water partition coefficient (Wildman–Crippen LogP) is 0.721. The van der Waals surface area contributed by atoms with E-state index in [0.717, 1.165) is 0 Å². The summed E-state index contributed by atoms with van der Waals surface area (Å²) < 4.78 is 25.7. The van der Waals surface area contributed by atoms with Gasteiger partial charge in [-0.2, -0.15) is 0 Å². The van der Waals surface area contributed by atoms with Gasteiger partial charge in [-0.3, -0.25) is 0 Å². The van der Waals surface area contributed by atoms with Crippen LogP contribution in [-0.2, 0) is 10.0 Å². The summed E-state index contributed by atoms with van der Waals surface area (Å²) in [4.78, 5) is 0. The van der Waals surface area contributed by atoms with Gasteiger partial charge in [-0.1, -0.05) is 13.8 Å². The van der Waals surface area contributed by atoms with Crippen molar-refractivity contribution in [3.8, 4) is 0 Å². The first-order valence-electron chi connectivity index (χ1n) is 4.93. The van der Waals surface area contributed by atoms with Gasteiger partial charge < -0.3 is 5.11 Å². The Labute approximate surface area is 86.8 Å². The molecule has 0 bridgehead atoms. The van der Waals surface area contributed by atoms with Crippen molar-refractivity contribution in [2.24, 2.45) is 5.92 Å². The Bertz CT molecular complexity index is 247. The minimum atomic E-state index is -3.23. The minimum Gasteiger partial charge on any atom is -0.396 e. The highest BCUT2D eigenvalue weighted by Crippen LogP contribution is 2.09. The molecule has 5 heteroatoms. The standard InChI is InChI=1S/C9H21NO3S/c1-7(2)9(5-6-11)10-14(12,13)8(3)4/h7-11H,5-6H2,1-4H3. The van der Waals surface area contributed by atoms with Crippen molar-refractivity contribution in [1.29, 1.82) is 0 Å². The smallest absolute Gasteiger partial charge is 0.214 e. The van der Waals surface area contributed by atoms with E-state index in [4.69, 9.17) is 5.11 Å². The van der Waals surface area contributed by atoms with Gasteiger partial charge >= 0.3 is 0 Å². The van der Waals surface area contributed by atoms with Crippen molar-refractivity contribution in [2.75, 3.05) is 6.61 Å². The summed E-state index contributed by atoms with van der Waals surface area (Å²) in [5.74, 6) is 0.190. The first-order chi connectivity index (χ1) is 6.31. The highest BCUT2D eigenvalue weighted by Gasteiger charge is 2.22. The van der Waals surface area contributed by atoms with Gasteiger partial charge in [-0.25, -0.2) is 13.1 Å². The summed E-state index contributed by atoms with van der Waals surface area (Å²) in [6.07, 6.45) is 0.462. The van der Waals surface area contributed by atoms with E-state index in [2.05, 4.69) is 4.72 Å². The van der Waals surface area contributed by atoms with Crippen LogP contribution in [-0.4, -0.2) is 31.4 Å². The van der Waals surface area contributed by atoms with E-state index in [0.29, 0.717) is 6.42 Å². The van der Waals surface area contributed by atoms with Gasteiger partial charge in [0.1, 0.15) is 0 Å². The van der Waals surface area contributed by atoms with Crippen molar-refractivity contribution < 1.29 is 13.5 Å². The number of aliphatic hydroxyl groups is 1.